The molecule has 1 aromatic heterocycles. The summed E-state index contributed by atoms with van der Waals surface area (Å²) in [6.45, 7) is 1.97. The third-order valence-electron chi connectivity index (χ3n) is 1.89. The second kappa shape index (κ2) is 3.31. The maximum absolute atomic E-state index is 10.8. The van der Waals surface area contributed by atoms with Gasteiger partial charge in [0.1, 0.15) is 0 Å². The molecular formula is C9H7ClN2O2. The molecule has 1 aromatic carbocycles. The predicted octanol–water partition coefficient (Wildman–Crippen LogP) is 1.94. The Kier molecular flexibility index (Phi) is 2.13. The van der Waals surface area contributed by atoms with Crippen molar-refractivity contribution in [1.29, 1.82) is 0 Å². The molecule has 2 aromatic rings. The highest BCUT2D eigenvalue weighted by atomic mass is 35.5. The molecule has 5 heteroatoms. The lowest BCUT2D eigenvalue weighted by molar-refractivity contribution is -0.800. The predicted molar refractivity (Wildman–Crippen MR) is 50.6 cm³/mol. The Bertz CT molecular complexity index is 450. The summed E-state index contributed by atoms with van der Waals surface area (Å²) in [5.74, 6) is 0. The van der Waals surface area contributed by atoms with Gasteiger partial charge in [0.05, 0.1) is 0 Å². The Morgan fingerprint density at radius 3 is 2.50 bits per heavy atom. The van der Waals surface area contributed by atoms with Crippen molar-refractivity contribution in [3.63, 3.8) is 0 Å². The Hall–Kier alpha value is -1.55. The van der Waals surface area contributed by atoms with E-state index in [-0.39, 0.29) is 10.1 Å². The second-order valence-electron chi connectivity index (χ2n) is 2.94. The standard InChI is InChI=1S/C9H7ClN2O2/c1-6-2-4-7(5-3-6)8-9(10)12(13)14-11-8/h2-5H,1H3. The van der Waals surface area contributed by atoms with Crippen LogP contribution in [0.4, 0.5) is 0 Å². The van der Waals surface area contributed by atoms with E-state index in [1.807, 2.05) is 31.2 Å². The van der Waals surface area contributed by atoms with E-state index in [0.29, 0.717) is 5.69 Å². The Morgan fingerprint density at radius 2 is 2.00 bits per heavy atom. The first kappa shape index (κ1) is 9.02. The average Bonchev–Trinajstić information content (AvgIpc) is 2.50. The van der Waals surface area contributed by atoms with E-state index < -0.39 is 0 Å². The fraction of sp³-hybridized carbons (Fsp3) is 0.111. The first-order valence-corrected chi connectivity index (χ1v) is 4.38. The van der Waals surface area contributed by atoms with E-state index >= 15 is 0 Å². The van der Waals surface area contributed by atoms with Gasteiger partial charge in [-0.05, 0) is 35.6 Å². The zero-order chi connectivity index (χ0) is 10.1. The van der Waals surface area contributed by atoms with Gasteiger partial charge in [0.25, 0.3) is 10.8 Å². The van der Waals surface area contributed by atoms with Crippen LogP contribution >= 0.6 is 11.6 Å². The molecule has 0 aliphatic rings. The average molecular weight is 211 g/mol. The van der Waals surface area contributed by atoms with E-state index in [0.717, 1.165) is 11.1 Å². The normalized spacial score (nSPS) is 10.4. The van der Waals surface area contributed by atoms with Gasteiger partial charge in [-0.2, -0.15) is 0 Å². The number of benzene rings is 1. The first-order valence-electron chi connectivity index (χ1n) is 4.01. The molecule has 0 bridgehead atoms. The van der Waals surface area contributed by atoms with Gasteiger partial charge >= 0.3 is 0 Å². The van der Waals surface area contributed by atoms with Crippen LogP contribution in [0, 0.1) is 12.1 Å². The maximum atomic E-state index is 10.8. The van der Waals surface area contributed by atoms with Crippen LogP contribution in [0.2, 0.25) is 5.15 Å². The second-order valence-corrected chi connectivity index (χ2v) is 3.29. The summed E-state index contributed by atoms with van der Waals surface area (Å²) in [6.07, 6.45) is 0. The molecule has 0 aliphatic carbocycles. The molecule has 72 valence electrons. The molecule has 2 rings (SSSR count). The van der Waals surface area contributed by atoms with E-state index in [9.17, 15) is 5.21 Å². The SMILES string of the molecule is Cc1ccc(-c2no[n+]([O-])c2Cl)cc1. The van der Waals surface area contributed by atoms with Crippen LogP contribution < -0.4 is 4.90 Å². The molecule has 0 unspecified atom stereocenters. The summed E-state index contributed by atoms with van der Waals surface area (Å²) in [5.41, 5.74) is 2.25. The largest absolute Gasteiger partial charge is 0.358 e. The van der Waals surface area contributed by atoms with Gasteiger partial charge in [0.2, 0.25) is 0 Å². The van der Waals surface area contributed by atoms with E-state index in [1.165, 1.54) is 0 Å². The lowest BCUT2D eigenvalue weighted by Crippen LogP contribution is -2.23. The smallest absolute Gasteiger partial charge is 0.293 e. The van der Waals surface area contributed by atoms with Crippen molar-refractivity contribution in [2.24, 2.45) is 0 Å². The molecule has 0 fully saturated rings. The zero-order valence-corrected chi connectivity index (χ0v) is 8.15. The van der Waals surface area contributed by atoms with Crippen molar-refractivity contribution in [2.75, 3.05) is 0 Å². The molecule has 0 radical (unpaired) electrons. The summed E-state index contributed by atoms with van der Waals surface area (Å²) >= 11 is 5.68. The lowest BCUT2D eigenvalue weighted by atomic mass is 10.1. The molecule has 14 heavy (non-hydrogen) atoms. The van der Waals surface area contributed by atoms with Gasteiger partial charge < -0.3 is 5.21 Å². The van der Waals surface area contributed by atoms with Gasteiger partial charge in [-0.15, -0.1) is 0 Å². The molecule has 1 heterocycles. The fourth-order valence-corrected chi connectivity index (χ4v) is 1.30. The van der Waals surface area contributed by atoms with Crippen molar-refractivity contribution in [3.05, 3.63) is 40.2 Å². The van der Waals surface area contributed by atoms with Gasteiger partial charge in [-0.1, -0.05) is 17.7 Å². The Morgan fingerprint density at radius 1 is 1.36 bits per heavy atom. The third kappa shape index (κ3) is 1.44. The van der Waals surface area contributed by atoms with E-state index in [1.54, 1.807) is 0 Å². The highest BCUT2D eigenvalue weighted by Gasteiger charge is 2.17. The minimum absolute atomic E-state index is 0.0474. The highest BCUT2D eigenvalue weighted by molar-refractivity contribution is 6.30. The van der Waals surface area contributed by atoms with Gasteiger partial charge in [0.15, 0.2) is 0 Å². The summed E-state index contributed by atoms with van der Waals surface area (Å²) in [5, 5.41) is 14.3. The molecule has 0 aliphatic heterocycles. The van der Waals surface area contributed by atoms with Crippen molar-refractivity contribution in [3.8, 4) is 11.3 Å². The number of halogens is 1. The molecule has 0 N–H and O–H groups in total. The first-order chi connectivity index (χ1) is 6.68. The van der Waals surface area contributed by atoms with Crippen molar-refractivity contribution >= 4 is 11.6 Å². The molecule has 0 amide bonds. The van der Waals surface area contributed by atoms with Crippen molar-refractivity contribution < 1.29 is 9.53 Å². The van der Waals surface area contributed by atoms with E-state index in [2.05, 4.69) is 9.79 Å². The van der Waals surface area contributed by atoms with Gasteiger partial charge in [-0.3, -0.25) is 4.63 Å². The summed E-state index contributed by atoms with van der Waals surface area (Å²) < 4.78 is 4.36. The Balaban J connectivity index is 2.49. The number of aryl methyl sites for hydroxylation is 1. The van der Waals surface area contributed by atoms with Crippen LogP contribution in [0.25, 0.3) is 11.3 Å². The van der Waals surface area contributed by atoms with Crippen LogP contribution in [-0.2, 0) is 0 Å². The third-order valence-corrected chi connectivity index (χ3v) is 2.20. The topological polar surface area (TPSA) is 53.0 Å². The minimum Gasteiger partial charge on any atom is -0.358 e. The fourth-order valence-electron chi connectivity index (χ4n) is 1.12. The van der Waals surface area contributed by atoms with Gasteiger partial charge in [-0.25, -0.2) is 0 Å². The van der Waals surface area contributed by atoms with E-state index in [4.69, 9.17) is 11.6 Å². The van der Waals surface area contributed by atoms with Crippen LogP contribution in [0.3, 0.4) is 0 Å². The number of nitrogens with zero attached hydrogens (tertiary/aromatic N) is 2. The van der Waals surface area contributed by atoms with Crippen LogP contribution in [0.5, 0.6) is 0 Å². The Labute approximate surface area is 85.3 Å². The number of hydrogen-bond donors (Lipinski definition) is 0. The highest BCUT2D eigenvalue weighted by Crippen LogP contribution is 2.22. The number of rotatable bonds is 1. The molecule has 0 saturated carbocycles. The molecule has 0 saturated heterocycles. The van der Waals surface area contributed by atoms with Crippen LogP contribution in [-0.4, -0.2) is 5.16 Å². The summed E-state index contributed by atoms with van der Waals surface area (Å²) in [6, 6.07) is 7.49. The zero-order valence-electron chi connectivity index (χ0n) is 7.40. The molecular weight excluding hydrogens is 204 g/mol. The minimum atomic E-state index is -0.0474. The maximum Gasteiger partial charge on any atom is 0.293 e. The molecule has 4 nitrogen and oxygen atoms in total. The van der Waals surface area contributed by atoms with Crippen molar-refractivity contribution in [1.82, 2.24) is 5.16 Å². The molecule has 0 spiro atoms. The van der Waals surface area contributed by atoms with Crippen LogP contribution in [0.1, 0.15) is 5.56 Å². The van der Waals surface area contributed by atoms with Crippen molar-refractivity contribution in [2.45, 2.75) is 6.92 Å². The van der Waals surface area contributed by atoms with Gasteiger partial charge in [0, 0.05) is 10.7 Å². The number of aromatic nitrogens is 2. The summed E-state index contributed by atoms with van der Waals surface area (Å²) in [4.78, 5) is 0.177. The summed E-state index contributed by atoms with van der Waals surface area (Å²) in [7, 11) is 0. The molecule has 0 atom stereocenters. The monoisotopic (exact) mass is 210 g/mol. The number of hydrogen-bond acceptors (Lipinski definition) is 3. The quantitative estimate of drug-likeness (QED) is 0.676. The lowest BCUT2D eigenvalue weighted by Gasteiger charge is -1.93. The van der Waals surface area contributed by atoms with Crippen LogP contribution in [0.15, 0.2) is 28.9 Å².